The molecule has 5 heteroatoms. The lowest BCUT2D eigenvalue weighted by Gasteiger charge is -2.06. The molecule has 0 aliphatic rings. The molecule has 126 valence electrons. The summed E-state index contributed by atoms with van der Waals surface area (Å²) >= 11 is 0. The molecule has 0 bridgehead atoms. The summed E-state index contributed by atoms with van der Waals surface area (Å²) in [6.45, 7) is 1.83. The minimum absolute atomic E-state index is 0.0401. The number of carbonyl (C=O) groups is 1. The number of benzene rings is 3. The highest BCUT2D eigenvalue weighted by molar-refractivity contribution is 6.03. The van der Waals surface area contributed by atoms with Crippen molar-refractivity contribution >= 4 is 22.4 Å². The van der Waals surface area contributed by atoms with E-state index < -0.39 is 0 Å². The molecule has 25 heavy (non-hydrogen) atoms. The van der Waals surface area contributed by atoms with Crippen LogP contribution in [0.15, 0.2) is 65.8 Å². The Balaban J connectivity index is 1.80. The van der Waals surface area contributed by atoms with Gasteiger partial charge in [0.2, 0.25) is 0 Å². The third kappa shape index (κ3) is 3.77. The first-order valence-corrected chi connectivity index (χ1v) is 7.78. The van der Waals surface area contributed by atoms with Gasteiger partial charge in [-0.1, -0.05) is 24.3 Å². The van der Waals surface area contributed by atoms with Crippen LogP contribution in [0.4, 0.5) is 0 Å². The van der Waals surface area contributed by atoms with Crippen LogP contribution in [0.25, 0.3) is 10.8 Å². The van der Waals surface area contributed by atoms with Gasteiger partial charge in [-0.15, -0.1) is 0 Å². The lowest BCUT2D eigenvalue weighted by atomic mass is 10.0. The van der Waals surface area contributed by atoms with Gasteiger partial charge >= 0.3 is 0 Å². The normalized spacial score (nSPS) is 11.4. The minimum Gasteiger partial charge on any atom is -0.508 e. The van der Waals surface area contributed by atoms with Gasteiger partial charge in [-0.3, -0.25) is 4.79 Å². The zero-order valence-corrected chi connectivity index (χ0v) is 14.0. The molecule has 0 aliphatic carbocycles. The number of fused-ring (bicyclic) bond motifs is 1. The van der Waals surface area contributed by atoms with Crippen molar-refractivity contribution < 1.29 is 14.6 Å². The number of methoxy groups -OCH3 is 1. The van der Waals surface area contributed by atoms with Crippen LogP contribution >= 0.6 is 0 Å². The fraction of sp³-hybridized carbons (Fsp3) is 0.100. The van der Waals surface area contributed by atoms with Crippen LogP contribution in [-0.2, 0) is 0 Å². The number of hydrogen-bond acceptors (Lipinski definition) is 4. The summed E-state index contributed by atoms with van der Waals surface area (Å²) in [5.74, 6) is 0.475. The average molecular weight is 334 g/mol. The molecule has 5 nitrogen and oxygen atoms in total. The van der Waals surface area contributed by atoms with Crippen LogP contribution < -0.4 is 10.2 Å². The summed E-state index contributed by atoms with van der Waals surface area (Å²) in [5, 5.41) is 15.7. The Bertz CT molecular complexity index is 964. The molecule has 0 fully saturated rings. The summed E-state index contributed by atoms with van der Waals surface area (Å²) in [6, 6.07) is 17.9. The predicted molar refractivity (Wildman–Crippen MR) is 98.3 cm³/mol. The van der Waals surface area contributed by atoms with E-state index in [4.69, 9.17) is 4.74 Å². The second-order valence-corrected chi connectivity index (χ2v) is 5.62. The van der Waals surface area contributed by atoms with Gasteiger partial charge in [-0.25, -0.2) is 5.43 Å². The van der Waals surface area contributed by atoms with Crippen LogP contribution in [0.5, 0.6) is 11.5 Å². The lowest BCUT2D eigenvalue weighted by molar-refractivity contribution is 0.0954. The van der Waals surface area contributed by atoms with Gasteiger partial charge in [0.1, 0.15) is 11.5 Å². The summed E-state index contributed by atoms with van der Waals surface area (Å²) < 4.78 is 5.23. The van der Waals surface area contributed by atoms with E-state index in [1.807, 2.05) is 43.3 Å². The summed E-state index contributed by atoms with van der Waals surface area (Å²) in [5.41, 5.74) is 4.46. The second kappa shape index (κ2) is 7.05. The van der Waals surface area contributed by atoms with Crippen LogP contribution in [0.1, 0.15) is 22.8 Å². The fourth-order valence-corrected chi connectivity index (χ4v) is 2.49. The molecule has 2 N–H and O–H groups in total. The Morgan fingerprint density at radius 3 is 2.52 bits per heavy atom. The number of carbonyl (C=O) groups excluding carboxylic acids is 1. The molecule has 0 atom stereocenters. The van der Waals surface area contributed by atoms with E-state index in [1.54, 1.807) is 19.2 Å². The number of rotatable bonds is 4. The number of aromatic hydroxyl groups is 1. The Hall–Kier alpha value is -3.34. The maximum atomic E-state index is 12.1. The van der Waals surface area contributed by atoms with Gasteiger partial charge in [0, 0.05) is 5.56 Å². The van der Waals surface area contributed by atoms with E-state index in [2.05, 4.69) is 10.5 Å². The number of ether oxygens (including phenoxy) is 1. The first-order chi connectivity index (χ1) is 12.1. The Morgan fingerprint density at radius 2 is 1.76 bits per heavy atom. The van der Waals surface area contributed by atoms with Gasteiger partial charge < -0.3 is 9.84 Å². The second-order valence-electron chi connectivity index (χ2n) is 5.62. The monoisotopic (exact) mass is 334 g/mol. The van der Waals surface area contributed by atoms with E-state index in [9.17, 15) is 9.90 Å². The highest BCUT2D eigenvalue weighted by atomic mass is 16.5. The molecule has 0 aliphatic heterocycles. The van der Waals surface area contributed by atoms with Gasteiger partial charge in [-0.2, -0.15) is 5.10 Å². The lowest BCUT2D eigenvalue weighted by Crippen LogP contribution is -2.19. The molecule has 3 aromatic rings. The third-order valence-corrected chi connectivity index (χ3v) is 3.90. The van der Waals surface area contributed by atoms with Gasteiger partial charge in [0.15, 0.2) is 0 Å². The number of nitrogens with one attached hydrogen (secondary N) is 1. The minimum atomic E-state index is -0.374. The van der Waals surface area contributed by atoms with E-state index in [0.29, 0.717) is 11.3 Å². The Morgan fingerprint density at radius 1 is 1.00 bits per heavy atom. The first-order valence-electron chi connectivity index (χ1n) is 7.78. The molecule has 0 radical (unpaired) electrons. The number of amides is 1. The smallest absolute Gasteiger partial charge is 0.271 e. The average Bonchev–Trinajstić information content (AvgIpc) is 2.64. The third-order valence-electron chi connectivity index (χ3n) is 3.90. The van der Waals surface area contributed by atoms with Crippen molar-refractivity contribution in [3.8, 4) is 11.5 Å². The molecular weight excluding hydrogens is 316 g/mol. The van der Waals surface area contributed by atoms with Crippen LogP contribution in [0.2, 0.25) is 0 Å². The number of phenols is 1. The van der Waals surface area contributed by atoms with E-state index >= 15 is 0 Å². The van der Waals surface area contributed by atoms with Crippen molar-refractivity contribution in [2.24, 2.45) is 5.10 Å². The largest absolute Gasteiger partial charge is 0.508 e. The molecule has 0 aromatic heterocycles. The predicted octanol–water partition coefficient (Wildman–Crippen LogP) is 3.71. The standard InChI is InChI=1S/C20H18N2O3/c1-13(21-22-20(24)17-4-3-5-18(23)11-17)14-6-7-16-12-19(25-2)9-8-15(16)10-14/h3-12,23H,1-2H3,(H,22,24)/b21-13-. The van der Waals surface area contributed by atoms with Crippen molar-refractivity contribution in [3.63, 3.8) is 0 Å². The van der Waals surface area contributed by atoms with Gasteiger partial charge in [0.05, 0.1) is 12.8 Å². The van der Waals surface area contributed by atoms with Gasteiger partial charge in [0.25, 0.3) is 5.91 Å². The highest BCUT2D eigenvalue weighted by Crippen LogP contribution is 2.22. The molecule has 0 saturated carbocycles. The molecule has 0 saturated heterocycles. The van der Waals surface area contributed by atoms with Crippen LogP contribution in [0, 0.1) is 0 Å². The van der Waals surface area contributed by atoms with Crippen molar-refractivity contribution in [3.05, 3.63) is 71.8 Å². The summed E-state index contributed by atoms with van der Waals surface area (Å²) in [6.07, 6.45) is 0. The number of hydrogen-bond donors (Lipinski definition) is 2. The van der Waals surface area contributed by atoms with Crippen LogP contribution in [-0.4, -0.2) is 23.8 Å². The number of nitrogens with zero attached hydrogens (tertiary/aromatic N) is 1. The number of hydrazone groups is 1. The van der Waals surface area contributed by atoms with Crippen molar-refractivity contribution in [1.82, 2.24) is 5.43 Å². The van der Waals surface area contributed by atoms with Crippen molar-refractivity contribution in [2.45, 2.75) is 6.92 Å². The SMILES string of the molecule is COc1ccc2cc(/C(C)=N\NC(=O)c3cccc(O)c3)ccc2c1. The van der Waals surface area contributed by atoms with E-state index in [-0.39, 0.29) is 11.7 Å². The maximum Gasteiger partial charge on any atom is 0.271 e. The first kappa shape index (κ1) is 16.5. The molecule has 3 rings (SSSR count). The van der Waals surface area contributed by atoms with Crippen molar-refractivity contribution in [2.75, 3.05) is 7.11 Å². The molecule has 0 spiro atoms. The number of phenolic OH excluding ortho intramolecular Hbond substituents is 1. The summed E-state index contributed by atoms with van der Waals surface area (Å²) in [7, 11) is 1.64. The fourth-order valence-electron chi connectivity index (χ4n) is 2.49. The molecule has 1 amide bonds. The molecular formula is C20H18N2O3. The molecule has 0 heterocycles. The van der Waals surface area contributed by atoms with E-state index in [1.165, 1.54) is 12.1 Å². The Kier molecular flexibility index (Phi) is 4.66. The zero-order valence-electron chi connectivity index (χ0n) is 14.0. The van der Waals surface area contributed by atoms with Crippen molar-refractivity contribution in [1.29, 1.82) is 0 Å². The Labute approximate surface area is 145 Å². The van der Waals surface area contributed by atoms with Crippen LogP contribution in [0.3, 0.4) is 0 Å². The maximum absolute atomic E-state index is 12.1. The summed E-state index contributed by atoms with van der Waals surface area (Å²) in [4.78, 5) is 12.1. The molecule has 0 unspecified atom stereocenters. The quantitative estimate of drug-likeness (QED) is 0.564. The zero-order chi connectivity index (χ0) is 17.8. The van der Waals surface area contributed by atoms with E-state index in [0.717, 1.165) is 22.1 Å². The topological polar surface area (TPSA) is 70.9 Å². The molecule has 3 aromatic carbocycles. The highest BCUT2D eigenvalue weighted by Gasteiger charge is 2.06. The van der Waals surface area contributed by atoms with Gasteiger partial charge in [-0.05, 0) is 59.7 Å².